The third-order valence-electron chi connectivity index (χ3n) is 5.32. The normalized spacial score (nSPS) is 18.9. The van der Waals surface area contributed by atoms with E-state index in [1.807, 2.05) is 0 Å². The molecule has 0 amide bonds. The zero-order valence-corrected chi connectivity index (χ0v) is 16.5. The molecule has 154 valence electrons. The lowest BCUT2D eigenvalue weighted by Gasteiger charge is -2.28. The van der Waals surface area contributed by atoms with E-state index >= 15 is 0 Å². The second kappa shape index (κ2) is 8.46. The Morgan fingerprint density at radius 1 is 0.833 bits per heavy atom. The smallest absolute Gasteiger partial charge is 0.186 e. The molecule has 2 nitrogen and oxygen atoms in total. The van der Waals surface area contributed by atoms with Crippen molar-refractivity contribution >= 4 is 0 Å². The highest BCUT2D eigenvalue weighted by atomic mass is 19.2. The molecule has 3 aromatic rings. The average molecular weight is 410 g/mol. The van der Waals surface area contributed by atoms with Crippen molar-refractivity contribution < 1.29 is 22.6 Å². The number of rotatable bonds is 4. The van der Waals surface area contributed by atoms with Gasteiger partial charge in [0.25, 0.3) is 0 Å². The SMILES string of the molecule is C=CC1COC(c2ccc(-c3ccc(-c4ccc(C)c(F)c4F)cc3)cc2F)OC1. The predicted octanol–water partition coefficient (Wildman–Crippen LogP) is 6.59. The van der Waals surface area contributed by atoms with Crippen LogP contribution in [-0.2, 0) is 9.47 Å². The quantitative estimate of drug-likeness (QED) is 0.452. The Morgan fingerprint density at radius 3 is 2.10 bits per heavy atom. The molecule has 1 aliphatic heterocycles. The highest BCUT2D eigenvalue weighted by Gasteiger charge is 2.24. The topological polar surface area (TPSA) is 18.5 Å². The number of benzene rings is 3. The Hall–Kier alpha value is -2.89. The van der Waals surface area contributed by atoms with Crippen molar-refractivity contribution in [1.82, 2.24) is 0 Å². The van der Waals surface area contributed by atoms with Crippen LogP contribution in [0.1, 0.15) is 17.4 Å². The van der Waals surface area contributed by atoms with Gasteiger partial charge in [-0.25, -0.2) is 13.2 Å². The molecule has 5 heteroatoms. The predicted molar refractivity (Wildman–Crippen MR) is 110 cm³/mol. The number of halogens is 3. The van der Waals surface area contributed by atoms with E-state index in [2.05, 4.69) is 6.58 Å². The maximum absolute atomic E-state index is 14.7. The molecule has 1 heterocycles. The lowest BCUT2D eigenvalue weighted by atomic mass is 9.98. The first kappa shape index (κ1) is 20.4. The Kier molecular flexibility index (Phi) is 5.75. The van der Waals surface area contributed by atoms with Crippen LogP contribution in [0.25, 0.3) is 22.3 Å². The minimum Gasteiger partial charge on any atom is -0.348 e. The minimum atomic E-state index is -0.871. The van der Waals surface area contributed by atoms with E-state index in [4.69, 9.17) is 9.47 Å². The van der Waals surface area contributed by atoms with Crippen molar-refractivity contribution in [2.45, 2.75) is 13.2 Å². The van der Waals surface area contributed by atoms with E-state index in [0.717, 1.165) is 5.56 Å². The summed E-state index contributed by atoms with van der Waals surface area (Å²) in [5.74, 6) is -2.04. The second-order valence-electron chi connectivity index (χ2n) is 7.37. The lowest BCUT2D eigenvalue weighted by molar-refractivity contribution is -0.198. The molecule has 1 aliphatic rings. The van der Waals surface area contributed by atoms with Crippen LogP contribution in [0.3, 0.4) is 0 Å². The molecule has 0 atom stereocenters. The molecule has 1 saturated heterocycles. The first-order valence-corrected chi connectivity index (χ1v) is 9.68. The summed E-state index contributed by atoms with van der Waals surface area (Å²) in [6.07, 6.45) is 1.02. The van der Waals surface area contributed by atoms with Gasteiger partial charge in [0.05, 0.1) is 13.2 Å². The second-order valence-corrected chi connectivity index (χ2v) is 7.37. The van der Waals surface area contributed by atoms with Crippen molar-refractivity contribution in [2.75, 3.05) is 13.2 Å². The van der Waals surface area contributed by atoms with Gasteiger partial charge in [0.1, 0.15) is 5.82 Å². The molecule has 0 bridgehead atoms. The largest absolute Gasteiger partial charge is 0.348 e. The first-order valence-electron chi connectivity index (χ1n) is 9.68. The number of hydrogen-bond acceptors (Lipinski definition) is 2. The minimum absolute atomic E-state index is 0.106. The fourth-order valence-corrected chi connectivity index (χ4v) is 3.44. The van der Waals surface area contributed by atoms with Gasteiger partial charge in [-0.15, -0.1) is 6.58 Å². The van der Waals surface area contributed by atoms with Gasteiger partial charge in [-0.1, -0.05) is 54.6 Å². The molecule has 0 spiro atoms. The molecule has 0 aliphatic carbocycles. The molecule has 3 aromatic carbocycles. The van der Waals surface area contributed by atoms with Crippen molar-refractivity contribution in [3.05, 3.63) is 95.8 Å². The maximum atomic E-state index is 14.7. The molecule has 4 rings (SSSR count). The Morgan fingerprint density at radius 2 is 1.47 bits per heavy atom. The summed E-state index contributed by atoms with van der Waals surface area (Å²) in [5.41, 5.74) is 2.76. The molecule has 1 fully saturated rings. The van der Waals surface area contributed by atoms with Gasteiger partial charge in [0, 0.05) is 17.0 Å². The Bertz CT molecular complexity index is 1070. The Balaban J connectivity index is 1.56. The van der Waals surface area contributed by atoms with Crippen LogP contribution in [0.4, 0.5) is 13.2 Å². The van der Waals surface area contributed by atoms with E-state index in [1.165, 1.54) is 13.0 Å². The van der Waals surface area contributed by atoms with Crippen LogP contribution >= 0.6 is 0 Å². The van der Waals surface area contributed by atoms with Gasteiger partial charge in [0.2, 0.25) is 0 Å². The van der Waals surface area contributed by atoms with E-state index in [1.54, 1.807) is 54.6 Å². The monoisotopic (exact) mass is 410 g/mol. The summed E-state index contributed by atoms with van der Waals surface area (Å²) >= 11 is 0. The van der Waals surface area contributed by atoms with Gasteiger partial charge < -0.3 is 9.47 Å². The summed E-state index contributed by atoms with van der Waals surface area (Å²) in [6, 6.07) is 14.8. The van der Waals surface area contributed by atoms with Gasteiger partial charge in [-0.2, -0.15) is 0 Å². The highest BCUT2D eigenvalue weighted by molar-refractivity contribution is 5.71. The van der Waals surface area contributed by atoms with E-state index in [9.17, 15) is 13.2 Å². The van der Waals surface area contributed by atoms with Crippen molar-refractivity contribution in [3.8, 4) is 22.3 Å². The zero-order valence-electron chi connectivity index (χ0n) is 16.5. The average Bonchev–Trinajstić information content (AvgIpc) is 2.78. The molecule has 30 heavy (non-hydrogen) atoms. The first-order chi connectivity index (χ1) is 14.5. The Labute approximate surface area is 173 Å². The molecular weight excluding hydrogens is 389 g/mol. The molecule has 0 N–H and O–H groups in total. The number of aryl methyl sites for hydroxylation is 1. The van der Waals surface area contributed by atoms with Crippen LogP contribution in [0.2, 0.25) is 0 Å². The summed E-state index contributed by atoms with van der Waals surface area (Å²) in [7, 11) is 0. The van der Waals surface area contributed by atoms with Crippen LogP contribution in [-0.4, -0.2) is 13.2 Å². The van der Waals surface area contributed by atoms with E-state index in [-0.39, 0.29) is 17.0 Å². The van der Waals surface area contributed by atoms with Crippen molar-refractivity contribution in [2.24, 2.45) is 5.92 Å². The fraction of sp³-hybridized carbons (Fsp3) is 0.200. The maximum Gasteiger partial charge on any atom is 0.186 e. The molecule has 0 saturated carbocycles. The number of ether oxygens (including phenoxy) is 2. The van der Waals surface area contributed by atoms with Gasteiger partial charge >= 0.3 is 0 Å². The molecule has 0 radical (unpaired) electrons. The van der Waals surface area contributed by atoms with Crippen LogP contribution in [0.15, 0.2) is 67.3 Å². The van der Waals surface area contributed by atoms with Gasteiger partial charge in [-0.3, -0.25) is 0 Å². The van der Waals surface area contributed by atoms with Crippen LogP contribution in [0.5, 0.6) is 0 Å². The lowest BCUT2D eigenvalue weighted by Crippen LogP contribution is -2.26. The molecule has 0 unspecified atom stereocenters. The summed E-state index contributed by atoms with van der Waals surface area (Å²) < 4.78 is 54.0. The molecular formula is C25H21F3O2. The summed E-state index contributed by atoms with van der Waals surface area (Å²) in [6.45, 7) is 6.10. The van der Waals surface area contributed by atoms with E-state index < -0.39 is 23.7 Å². The third kappa shape index (κ3) is 3.91. The van der Waals surface area contributed by atoms with Crippen molar-refractivity contribution in [3.63, 3.8) is 0 Å². The number of hydrogen-bond donors (Lipinski definition) is 0. The van der Waals surface area contributed by atoms with Crippen molar-refractivity contribution in [1.29, 1.82) is 0 Å². The standard InChI is InChI=1S/C25H21F3O2/c1-3-16-13-29-25(30-14-16)21-11-9-19(12-22(21)26)17-5-7-18(8-6-17)20-10-4-15(2)23(27)24(20)28/h3-12,16,25H,1,13-14H2,2H3. The van der Waals surface area contributed by atoms with Crippen LogP contribution < -0.4 is 0 Å². The summed E-state index contributed by atoms with van der Waals surface area (Å²) in [5, 5.41) is 0. The third-order valence-corrected chi connectivity index (χ3v) is 5.32. The zero-order chi connectivity index (χ0) is 21.3. The fourth-order valence-electron chi connectivity index (χ4n) is 3.44. The van der Waals surface area contributed by atoms with Gasteiger partial charge in [0.15, 0.2) is 17.9 Å². The molecule has 0 aromatic heterocycles. The highest BCUT2D eigenvalue weighted by Crippen LogP contribution is 2.32. The summed E-state index contributed by atoms with van der Waals surface area (Å²) in [4.78, 5) is 0. The van der Waals surface area contributed by atoms with E-state index in [0.29, 0.717) is 29.9 Å². The van der Waals surface area contributed by atoms with Gasteiger partial charge in [-0.05, 0) is 35.2 Å². The van der Waals surface area contributed by atoms with Crippen LogP contribution in [0, 0.1) is 30.3 Å².